The van der Waals surface area contributed by atoms with Gasteiger partial charge in [0, 0.05) is 10.0 Å². The smallest absolute Gasteiger partial charge is 0.404 e. The van der Waals surface area contributed by atoms with E-state index < -0.39 is 10.3 Å². The maximum absolute atomic E-state index is 10.5. The Morgan fingerprint density at radius 3 is 2.50 bits per heavy atom. The molecular weight excluding hydrogens is 300 g/mol. The Balaban J connectivity index is 2.35. The Hall–Kier alpha value is -1.23. The number of nitrogens with zero attached hydrogens (tertiary/aromatic N) is 1. The minimum absolute atomic E-state index is 0.257. The van der Waals surface area contributed by atoms with Gasteiger partial charge in [-0.05, 0) is 23.8 Å². The summed E-state index contributed by atoms with van der Waals surface area (Å²) in [7, 11) is 0. The van der Waals surface area contributed by atoms with Crippen LogP contribution in [-0.4, -0.2) is 4.92 Å². The van der Waals surface area contributed by atoms with Gasteiger partial charge in [0.15, 0.2) is 0 Å². The molecule has 0 bridgehead atoms. The Morgan fingerprint density at radius 1 is 1.22 bits per heavy atom. The Labute approximate surface area is 117 Å². The van der Waals surface area contributed by atoms with Gasteiger partial charge in [-0.3, -0.25) is 10.1 Å². The van der Waals surface area contributed by atoms with E-state index in [1.807, 2.05) is 0 Å². The topological polar surface area (TPSA) is 56.3 Å². The zero-order valence-electron chi connectivity index (χ0n) is 8.77. The standard InChI is InChI=1S/C11H6Cl3NO3/c12-6-1-2-7(8(13)5-6)11(14)9-3-4-10(18-9)15(16)17/h1-5,11H. The van der Waals surface area contributed by atoms with Gasteiger partial charge in [-0.15, -0.1) is 11.6 Å². The number of benzene rings is 1. The molecule has 2 rings (SSSR count). The molecule has 0 aliphatic rings. The Kier molecular flexibility index (Phi) is 3.80. The Morgan fingerprint density at radius 2 is 1.94 bits per heavy atom. The summed E-state index contributed by atoms with van der Waals surface area (Å²) in [4.78, 5) is 9.88. The van der Waals surface area contributed by atoms with Crippen LogP contribution in [0.4, 0.5) is 5.88 Å². The lowest BCUT2D eigenvalue weighted by Crippen LogP contribution is -1.92. The first-order valence-electron chi connectivity index (χ1n) is 4.82. The van der Waals surface area contributed by atoms with Crippen LogP contribution < -0.4 is 0 Å². The predicted molar refractivity (Wildman–Crippen MR) is 69.5 cm³/mol. The van der Waals surface area contributed by atoms with Crippen LogP contribution in [0, 0.1) is 10.1 Å². The van der Waals surface area contributed by atoms with Gasteiger partial charge in [0.05, 0.1) is 6.07 Å². The molecule has 0 saturated carbocycles. The van der Waals surface area contributed by atoms with Crippen molar-refractivity contribution >= 4 is 40.7 Å². The fourth-order valence-electron chi connectivity index (χ4n) is 1.44. The minimum Gasteiger partial charge on any atom is -0.404 e. The zero-order chi connectivity index (χ0) is 13.3. The minimum atomic E-state index is -0.705. The summed E-state index contributed by atoms with van der Waals surface area (Å²) < 4.78 is 5.02. The van der Waals surface area contributed by atoms with Gasteiger partial charge < -0.3 is 4.42 Å². The molecule has 1 unspecified atom stereocenters. The van der Waals surface area contributed by atoms with Crippen molar-refractivity contribution in [2.24, 2.45) is 0 Å². The van der Waals surface area contributed by atoms with Gasteiger partial charge in [-0.2, -0.15) is 0 Å². The average molecular weight is 307 g/mol. The van der Waals surface area contributed by atoms with E-state index >= 15 is 0 Å². The van der Waals surface area contributed by atoms with Crippen LogP contribution in [0.1, 0.15) is 16.7 Å². The number of furan rings is 1. The van der Waals surface area contributed by atoms with Crippen LogP contribution in [0.5, 0.6) is 0 Å². The van der Waals surface area contributed by atoms with Crippen LogP contribution in [0.15, 0.2) is 34.7 Å². The van der Waals surface area contributed by atoms with Crippen molar-refractivity contribution in [3.63, 3.8) is 0 Å². The first kappa shape index (κ1) is 13.2. The monoisotopic (exact) mass is 305 g/mol. The van der Waals surface area contributed by atoms with E-state index in [1.54, 1.807) is 18.2 Å². The molecule has 0 fully saturated rings. The molecular formula is C11H6Cl3NO3. The lowest BCUT2D eigenvalue weighted by Gasteiger charge is -2.08. The highest BCUT2D eigenvalue weighted by Gasteiger charge is 2.21. The second kappa shape index (κ2) is 5.18. The molecule has 0 spiro atoms. The van der Waals surface area contributed by atoms with Crippen LogP contribution in [-0.2, 0) is 0 Å². The van der Waals surface area contributed by atoms with E-state index in [4.69, 9.17) is 39.2 Å². The van der Waals surface area contributed by atoms with Crippen LogP contribution >= 0.6 is 34.8 Å². The second-order valence-corrected chi connectivity index (χ2v) is 4.74. The van der Waals surface area contributed by atoms with Crippen molar-refractivity contribution in [3.05, 3.63) is 61.8 Å². The average Bonchev–Trinajstić information content (AvgIpc) is 2.77. The molecule has 18 heavy (non-hydrogen) atoms. The summed E-state index contributed by atoms with van der Waals surface area (Å²) in [6.45, 7) is 0. The maximum atomic E-state index is 10.5. The Bertz CT molecular complexity index is 597. The van der Waals surface area contributed by atoms with Crippen molar-refractivity contribution < 1.29 is 9.34 Å². The highest BCUT2D eigenvalue weighted by molar-refractivity contribution is 6.36. The SMILES string of the molecule is O=[N+]([O-])c1ccc(C(Cl)c2ccc(Cl)cc2Cl)o1. The molecule has 0 amide bonds. The summed E-state index contributed by atoms with van der Waals surface area (Å²) >= 11 is 17.9. The molecule has 0 radical (unpaired) electrons. The molecule has 1 heterocycles. The van der Waals surface area contributed by atoms with Gasteiger partial charge in [0.1, 0.15) is 16.1 Å². The fourth-order valence-corrected chi connectivity index (χ4v) is 2.32. The van der Waals surface area contributed by atoms with Gasteiger partial charge in [0.2, 0.25) is 0 Å². The van der Waals surface area contributed by atoms with Crippen LogP contribution in [0.2, 0.25) is 10.0 Å². The van der Waals surface area contributed by atoms with Crippen LogP contribution in [0.25, 0.3) is 0 Å². The molecule has 0 N–H and O–H groups in total. The maximum Gasteiger partial charge on any atom is 0.433 e. The van der Waals surface area contributed by atoms with Gasteiger partial charge in [0.25, 0.3) is 0 Å². The van der Waals surface area contributed by atoms with Crippen molar-refractivity contribution in [2.75, 3.05) is 0 Å². The van der Waals surface area contributed by atoms with E-state index in [0.29, 0.717) is 15.6 Å². The number of hydrogen-bond donors (Lipinski definition) is 0. The van der Waals surface area contributed by atoms with Gasteiger partial charge in [-0.1, -0.05) is 29.3 Å². The molecule has 0 aliphatic carbocycles. The van der Waals surface area contributed by atoms with Crippen molar-refractivity contribution in [2.45, 2.75) is 5.38 Å². The molecule has 2 aromatic rings. The summed E-state index contributed by atoms with van der Waals surface area (Å²) in [6, 6.07) is 7.52. The summed E-state index contributed by atoms with van der Waals surface area (Å²) in [6.07, 6.45) is 0. The van der Waals surface area contributed by atoms with E-state index in [1.165, 1.54) is 12.1 Å². The summed E-state index contributed by atoms with van der Waals surface area (Å²) in [5.41, 5.74) is 0.576. The van der Waals surface area contributed by atoms with Crippen molar-refractivity contribution in [1.82, 2.24) is 0 Å². The van der Waals surface area contributed by atoms with Crippen LogP contribution in [0.3, 0.4) is 0 Å². The van der Waals surface area contributed by atoms with Crippen molar-refractivity contribution in [1.29, 1.82) is 0 Å². The second-order valence-electron chi connectivity index (χ2n) is 3.46. The predicted octanol–water partition coefficient (Wildman–Crippen LogP) is 4.82. The highest BCUT2D eigenvalue weighted by atomic mass is 35.5. The number of nitro groups is 1. The number of rotatable bonds is 3. The lowest BCUT2D eigenvalue weighted by molar-refractivity contribution is -0.402. The summed E-state index contributed by atoms with van der Waals surface area (Å²) in [5.74, 6) is -0.103. The normalized spacial score (nSPS) is 12.4. The molecule has 0 saturated heterocycles. The van der Waals surface area contributed by atoms with Crippen molar-refractivity contribution in [3.8, 4) is 0 Å². The number of alkyl halides is 1. The third-order valence-electron chi connectivity index (χ3n) is 2.28. The molecule has 7 heteroatoms. The molecule has 0 aliphatic heterocycles. The lowest BCUT2D eigenvalue weighted by atomic mass is 10.1. The molecule has 1 aromatic carbocycles. The summed E-state index contributed by atoms with van der Waals surface area (Å²) in [5, 5.41) is 10.7. The highest BCUT2D eigenvalue weighted by Crippen LogP contribution is 2.36. The largest absolute Gasteiger partial charge is 0.433 e. The first-order chi connectivity index (χ1) is 8.49. The third kappa shape index (κ3) is 2.61. The van der Waals surface area contributed by atoms with E-state index in [2.05, 4.69) is 0 Å². The van der Waals surface area contributed by atoms with E-state index in [9.17, 15) is 10.1 Å². The van der Waals surface area contributed by atoms with Gasteiger partial charge in [-0.25, -0.2) is 0 Å². The van der Waals surface area contributed by atoms with E-state index in [-0.39, 0.29) is 11.6 Å². The fraction of sp³-hybridized carbons (Fsp3) is 0.0909. The molecule has 4 nitrogen and oxygen atoms in total. The first-order valence-corrected chi connectivity index (χ1v) is 6.01. The van der Waals surface area contributed by atoms with Gasteiger partial charge >= 0.3 is 5.88 Å². The zero-order valence-corrected chi connectivity index (χ0v) is 11.0. The quantitative estimate of drug-likeness (QED) is 0.464. The number of hydrogen-bond acceptors (Lipinski definition) is 3. The number of halogens is 3. The molecule has 1 aromatic heterocycles. The van der Waals surface area contributed by atoms with E-state index in [0.717, 1.165) is 0 Å². The molecule has 1 atom stereocenters. The molecule has 94 valence electrons. The third-order valence-corrected chi connectivity index (χ3v) is 3.29.